The predicted octanol–water partition coefficient (Wildman–Crippen LogP) is 3.92. The molecule has 1 aromatic carbocycles. The quantitative estimate of drug-likeness (QED) is 0.765. The van der Waals surface area contributed by atoms with Gasteiger partial charge in [-0.05, 0) is 26.0 Å². The van der Waals surface area contributed by atoms with Gasteiger partial charge >= 0.3 is 5.97 Å². The zero-order valence-electron chi connectivity index (χ0n) is 11.6. The fourth-order valence-electron chi connectivity index (χ4n) is 2.66. The van der Waals surface area contributed by atoms with Crippen LogP contribution in [-0.2, 0) is 4.79 Å². The van der Waals surface area contributed by atoms with E-state index in [1.165, 1.54) is 0 Å². The van der Waals surface area contributed by atoms with Crippen LogP contribution in [0.4, 0.5) is 0 Å². The van der Waals surface area contributed by atoms with Crippen LogP contribution in [-0.4, -0.2) is 11.1 Å². The van der Waals surface area contributed by atoms with Crippen LogP contribution >= 0.6 is 11.6 Å². The lowest BCUT2D eigenvalue weighted by Crippen LogP contribution is -2.15. The minimum absolute atomic E-state index is 0.199. The summed E-state index contributed by atoms with van der Waals surface area (Å²) in [7, 11) is 0. The molecule has 5 nitrogen and oxygen atoms in total. The number of aliphatic carboxylic acids is 1. The first kappa shape index (κ1) is 14.0. The normalized spacial score (nSPS) is 13.1. The molecular weight excluding hydrogens is 294 g/mol. The largest absolute Gasteiger partial charge is 0.481 e. The smallest absolute Gasteiger partial charge is 0.305 e. The van der Waals surface area contributed by atoms with E-state index in [9.17, 15) is 4.79 Å². The molecule has 0 aliphatic heterocycles. The number of carboxylic acids is 1. The molecule has 3 N–H and O–H groups in total. The van der Waals surface area contributed by atoms with Crippen molar-refractivity contribution in [2.75, 3.05) is 0 Å². The van der Waals surface area contributed by atoms with Crippen molar-refractivity contribution in [1.29, 1.82) is 0 Å². The van der Waals surface area contributed by atoms with Crippen LogP contribution in [0.1, 0.15) is 29.5 Å². The zero-order chi connectivity index (χ0) is 15.3. The van der Waals surface area contributed by atoms with Gasteiger partial charge in [-0.2, -0.15) is 0 Å². The van der Waals surface area contributed by atoms with E-state index in [1.54, 1.807) is 26.0 Å². The SMILES string of the molecule is Cc1cc2c(C(N)CC(=O)O)c3oc(C)cc3c(Cl)c2o1. The van der Waals surface area contributed by atoms with E-state index in [-0.39, 0.29) is 6.42 Å². The monoisotopic (exact) mass is 307 g/mol. The molecular formula is C15H14ClNO4. The fraction of sp³-hybridized carbons (Fsp3) is 0.267. The Balaban J connectivity index is 2.41. The maximum Gasteiger partial charge on any atom is 0.305 e. The van der Waals surface area contributed by atoms with Gasteiger partial charge in [-0.3, -0.25) is 4.79 Å². The minimum atomic E-state index is -0.970. The third kappa shape index (κ3) is 2.18. The van der Waals surface area contributed by atoms with Gasteiger partial charge in [-0.15, -0.1) is 0 Å². The van der Waals surface area contributed by atoms with Crippen molar-refractivity contribution in [3.05, 3.63) is 34.2 Å². The molecule has 3 aromatic rings. The number of hydrogen-bond acceptors (Lipinski definition) is 4. The summed E-state index contributed by atoms with van der Waals surface area (Å²) in [5, 5.41) is 10.8. The first-order valence-electron chi connectivity index (χ1n) is 6.47. The number of rotatable bonds is 3. The summed E-state index contributed by atoms with van der Waals surface area (Å²) in [5.74, 6) is 0.391. The minimum Gasteiger partial charge on any atom is -0.481 e. The van der Waals surface area contributed by atoms with E-state index in [1.807, 2.05) is 0 Å². The molecule has 0 saturated carbocycles. The summed E-state index contributed by atoms with van der Waals surface area (Å²) in [4.78, 5) is 11.0. The van der Waals surface area contributed by atoms with E-state index < -0.39 is 12.0 Å². The fourth-order valence-corrected chi connectivity index (χ4v) is 2.94. The maximum absolute atomic E-state index is 11.0. The van der Waals surface area contributed by atoms with E-state index in [2.05, 4.69) is 0 Å². The van der Waals surface area contributed by atoms with Crippen LogP contribution in [0.5, 0.6) is 0 Å². The Morgan fingerprint density at radius 1 is 1.24 bits per heavy atom. The second-order valence-corrected chi connectivity index (χ2v) is 5.51. The molecule has 0 spiro atoms. The summed E-state index contributed by atoms with van der Waals surface area (Å²) in [6, 6.07) is 2.90. The molecule has 0 saturated heterocycles. The first-order chi connectivity index (χ1) is 9.88. The van der Waals surface area contributed by atoms with E-state index in [0.717, 1.165) is 0 Å². The lowest BCUT2D eigenvalue weighted by molar-refractivity contribution is -0.137. The van der Waals surface area contributed by atoms with Gasteiger partial charge in [0.1, 0.15) is 17.1 Å². The van der Waals surface area contributed by atoms with Crippen LogP contribution in [0.3, 0.4) is 0 Å². The number of hydrogen-bond donors (Lipinski definition) is 2. The molecule has 6 heteroatoms. The average Bonchev–Trinajstić information content (AvgIpc) is 2.92. The van der Waals surface area contributed by atoms with Crippen molar-refractivity contribution in [1.82, 2.24) is 0 Å². The van der Waals surface area contributed by atoms with Crippen LogP contribution in [0.2, 0.25) is 5.02 Å². The van der Waals surface area contributed by atoms with Gasteiger partial charge < -0.3 is 19.7 Å². The van der Waals surface area contributed by atoms with Crippen molar-refractivity contribution >= 4 is 39.5 Å². The van der Waals surface area contributed by atoms with Gasteiger partial charge in [0.25, 0.3) is 0 Å². The van der Waals surface area contributed by atoms with Crippen LogP contribution in [0.15, 0.2) is 21.0 Å². The molecule has 2 aromatic heterocycles. The summed E-state index contributed by atoms with van der Waals surface area (Å²) in [6.07, 6.45) is -0.199. The van der Waals surface area contributed by atoms with Gasteiger partial charge in [0.2, 0.25) is 0 Å². The van der Waals surface area contributed by atoms with Gasteiger partial charge in [0, 0.05) is 22.4 Å². The van der Waals surface area contributed by atoms with Gasteiger partial charge in [-0.1, -0.05) is 11.6 Å². The Kier molecular flexibility index (Phi) is 3.19. The number of furan rings is 2. The van der Waals surface area contributed by atoms with Crippen LogP contribution in [0, 0.1) is 13.8 Å². The Morgan fingerprint density at radius 3 is 2.43 bits per heavy atom. The summed E-state index contributed by atoms with van der Waals surface area (Å²) < 4.78 is 11.3. The first-order valence-corrected chi connectivity index (χ1v) is 6.85. The highest BCUT2D eigenvalue weighted by Crippen LogP contribution is 2.41. The van der Waals surface area contributed by atoms with Crippen molar-refractivity contribution in [2.45, 2.75) is 26.3 Å². The topological polar surface area (TPSA) is 89.6 Å². The highest BCUT2D eigenvalue weighted by atomic mass is 35.5. The molecule has 1 atom stereocenters. The molecule has 1 unspecified atom stereocenters. The number of nitrogens with two attached hydrogens (primary N) is 1. The second-order valence-electron chi connectivity index (χ2n) is 5.13. The molecule has 0 aliphatic rings. The van der Waals surface area contributed by atoms with Crippen LogP contribution < -0.4 is 5.73 Å². The Hall–Kier alpha value is -1.98. The van der Waals surface area contributed by atoms with E-state index in [0.29, 0.717) is 44.0 Å². The Bertz CT molecular complexity index is 804. The third-order valence-electron chi connectivity index (χ3n) is 3.45. The standard InChI is InChI=1S/C15H14ClNO4/c1-6-3-8-12(10(17)5-11(18)19)14-9(4-7(2)20-14)13(16)15(8)21-6/h3-4,10H,5,17H2,1-2H3,(H,18,19). The van der Waals surface area contributed by atoms with Crippen molar-refractivity contribution in [3.63, 3.8) is 0 Å². The molecule has 0 radical (unpaired) electrons. The predicted molar refractivity (Wildman–Crippen MR) is 79.7 cm³/mol. The summed E-state index contributed by atoms with van der Waals surface area (Å²) in [6.45, 7) is 3.60. The number of carboxylic acid groups (broad SMARTS) is 1. The average molecular weight is 308 g/mol. The van der Waals surface area contributed by atoms with Gasteiger partial charge in [0.15, 0.2) is 5.58 Å². The lowest BCUT2D eigenvalue weighted by Gasteiger charge is -2.12. The third-order valence-corrected chi connectivity index (χ3v) is 3.82. The number of carbonyl (C=O) groups is 1. The summed E-state index contributed by atoms with van der Waals surface area (Å²) in [5.41, 5.74) is 7.73. The van der Waals surface area contributed by atoms with Gasteiger partial charge in [0.05, 0.1) is 11.4 Å². The van der Waals surface area contributed by atoms with E-state index in [4.69, 9.17) is 31.3 Å². The maximum atomic E-state index is 11.0. The van der Waals surface area contributed by atoms with Crippen molar-refractivity contribution in [3.8, 4) is 0 Å². The molecule has 110 valence electrons. The molecule has 0 aliphatic carbocycles. The van der Waals surface area contributed by atoms with E-state index >= 15 is 0 Å². The zero-order valence-corrected chi connectivity index (χ0v) is 12.3. The Labute approximate surface area is 125 Å². The molecule has 0 amide bonds. The van der Waals surface area contributed by atoms with Gasteiger partial charge in [-0.25, -0.2) is 0 Å². The number of benzene rings is 1. The highest BCUT2D eigenvalue weighted by molar-refractivity contribution is 6.40. The summed E-state index contributed by atoms with van der Waals surface area (Å²) >= 11 is 6.37. The van der Waals surface area contributed by atoms with Crippen molar-refractivity contribution < 1.29 is 18.7 Å². The number of fused-ring (bicyclic) bond motifs is 2. The molecule has 3 rings (SSSR count). The molecule has 0 fully saturated rings. The van der Waals surface area contributed by atoms with Crippen LogP contribution in [0.25, 0.3) is 21.9 Å². The lowest BCUT2D eigenvalue weighted by atomic mass is 9.98. The van der Waals surface area contributed by atoms with Crippen molar-refractivity contribution in [2.24, 2.45) is 5.73 Å². The Morgan fingerprint density at radius 2 is 1.81 bits per heavy atom. The second kappa shape index (κ2) is 4.79. The molecule has 21 heavy (non-hydrogen) atoms. The highest BCUT2D eigenvalue weighted by Gasteiger charge is 2.24. The molecule has 2 heterocycles. The molecule has 0 bridgehead atoms. The number of halogens is 1. The number of aryl methyl sites for hydroxylation is 2.